The van der Waals surface area contributed by atoms with Crippen molar-refractivity contribution in [3.63, 3.8) is 0 Å². The molecule has 2 fully saturated rings. The molecule has 0 atom stereocenters. The summed E-state index contributed by atoms with van der Waals surface area (Å²) in [7, 11) is 0. The van der Waals surface area contributed by atoms with E-state index in [1.54, 1.807) is 4.90 Å². The molecule has 22 heavy (non-hydrogen) atoms. The van der Waals surface area contributed by atoms with E-state index < -0.39 is 11.6 Å². The van der Waals surface area contributed by atoms with E-state index in [-0.39, 0.29) is 35.7 Å². The highest BCUT2D eigenvalue weighted by Gasteiger charge is 2.40. The molecule has 0 radical (unpaired) electrons. The van der Waals surface area contributed by atoms with Crippen molar-refractivity contribution in [3.8, 4) is 0 Å². The summed E-state index contributed by atoms with van der Waals surface area (Å²) in [6.45, 7) is 3.41. The number of nitrogens with one attached hydrogen (secondary N) is 1. The Morgan fingerprint density at radius 1 is 1.18 bits per heavy atom. The van der Waals surface area contributed by atoms with Gasteiger partial charge in [0.05, 0.1) is 6.42 Å². The lowest BCUT2D eigenvalue weighted by atomic mass is 9.78. The SMILES string of the molecule is Cl.O=C(Cc1c(F)cccc1F)N1CCC2(CCNCC2)C1. The molecule has 2 heterocycles. The second-order valence-corrected chi connectivity index (χ2v) is 6.19. The maximum Gasteiger partial charge on any atom is 0.227 e. The molecule has 2 aliphatic heterocycles. The van der Waals surface area contributed by atoms with E-state index in [2.05, 4.69) is 5.32 Å². The minimum absolute atomic E-state index is 0. The highest BCUT2D eigenvalue weighted by molar-refractivity contribution is 5.85. The van der Waals surface area contributed by atoms with E-state index >= 15 is 0 Å². The van der Waals surface area contributed by atoms with Gasteiger partial charge in [0.15, 0.2) is 0 Å². The number of nitrogens with zero attached hydrogens (tertiary/aromatic N) is 1. The van der Waals surface area contributed by atoms with Crippen LogP contribution in [0.3, 0.4) is 0 Å². The van der Waals surface area contributed by atoms with Crippen molar-refractivity contribution in [2.45, 2.75) is 25.7 Å². The number of carbonyl (C=O) groups excluding carboxylic acids is 1. The molecule has 1 aromatic rings. The molecular formula is C16H21ClF2N2O. The van der Waals surface area contributed by atoms with Gasteiger partial charge in [0.2, 0.25) is 5.91 Å². The van der Waals surface area contributed by atoms with Gasteiger partial charge >= 0.3 is 0 Å². The summed E-state index contributed by atoms with van der Waals surface area (Å²) in [5.74, 6) is -1.45. The van der Waals surface area contributed by atoms with E-state index in [1.807, 2.05) is 0 Å². The topological polar surface area (TPSA) is 32.3 Å². The fraction of sp³-hybridized carbons (Fsp3) is 0.562. The monoisotopic (exact) mass is 330 g/mol. The van der Waals surface area contributed by atoms with E-state index in [9.17, 15) is 13.6 Å². The summed E-state index contributed by atoms with van der Waals surface area (Å²) in [5, 5.41) is 3.33. The van der Waals surface area contributed by atoms with Crippen LogP contribution >= 0.6 is 12.4 Å². The number of benzene rings is 1. The third-order valence-corrected chi connectivity index (χ3v) is 4.84. The first-order valence-electron chi connectivity index (χ1n) is 7.51. The van der Waals surface area contributed by atoms with Gasteiger partial charge in [-0.2, -0.15) is 0 Å². The lowest BCUT2D eigenvalue weighted by Gasteiger charge is -2.33. The summed E-state index contributed by atoms with van der Waals surface area (Å²) >= 11 is 0. The van der Waals surface area contributed by atoms with Gasteiger partial charge in [-0.15, -0.1) is 12.4 Å². The smallest absolute Gasteiger partial charge is 0.227 e. The molecule has 0 bridgehead atoms. The first-order valence-corrected chi connectivity index (χ1v) is 7.51. The number of piperidine rings is 1. The first kappa shape index (κ1) is 17.2. The van der Waals surface area contributed by atoms with Crippen LogP contribution in [0.15, 0.2) is 18.2 Å². The fourth-order valence-corrected chi connectivity index (χ4v) is 3.48. The molecule has 3 nitrogen and oxygen atoms in total. The molecule has 2 aliphatic rings. The molecule has 0 aromatic heterocycles. The molecule has 2 saturated heterocycles. The van der Waals surface area contributed by atoms with E-state index in [0.29, 0.717) is 6.54 Å². The van der Waals surface area contributed by atoms with Crippen LogP contribution in [-0.2, 0) is 11.2 Å². The van der Waals surface area contributed by atoms with Crippen LogP contribution in [0.2, 0.25) is 0 Å². The summed E-state index contributed by atoms with van der Waals surface area (Å²) in [6, 6.07) is 3.71. The number of halogens is 3. The largest absolute Gasteiger partial charge is 0.342 e. The minimum Gasteiger partial charge on any atom is -0.342 e. The van der Waals surface area contributed by atoms with Crippen molar-refractivity contribution >= 4 is 18.3 Å². The molecular weight excluding hydrogens is 310 g/mol. The second kappa shape index (κ2) is 6.92. The summed E-state index contributed by atoms with van der Waals surface area (Å²) < 4.78 is 27.3. The first-order chi connectivity index (χ1) is 10.1. The maximum absolute atomic E-state index is 13.6. The maximum atomic E-state index is 13.6. The molecule has 1 aromatic carbocycles. The molecule has 3 rings (SSSR count). The molecule has 1 amide bonds. The number of amides is 1. The fourth-order valence-electron chi connectivity index (χ4n) is 3.48. The van der Waals surface area contributed by atoms with Gasteiger partial charge in [0.1, 0.15) is 11.6 Å². The third kappa shape index (κ3) is 3.41. The summed E-state index contributed by atoms with van der Waals surface area (Å²) in [4.78, 5) is 14.1. The predicted molar refractivity (Wildman–Crippen MR) is 83.0 cm³/mol. The zero-order valence-corrected chi connectivity index (χ0v) is 13.2. The van der Waals surface area contributed by atoms with Crippen LogP contribution in [-0.4, -0.2) is 37.0 Å². The Morgan fingerprint density at radius 3 is 2.45 bits per heavy atom. The highest BCUT2D eigenvalue weighted by atomic mass is 35.5. The molecule has 1 spiro atoms. The van der Waals surface area contributed by atoms with Gasteiger partial charge in [-0.05, 0) is 49.9 Å². The van der Waals surface area contributed by atoms with Gasteiger partial charge in [-0.1, -0.05) is 6.07 Å². The van der Waals surface area contributed by atoms with Gasteiger partial charge in [0, 0.05) is 18.7 Å². The van der Waals surface area contributed by atoms with Crippen LogP contribution in [0.1, 0.15) is 24.8 Å². The lowest BCUT2D eigenvalue weighted by Crippen LogP contribution is -2.40. The van der Waals surface area contributed by atoms with Gasteiger partial charge in [0.25, 0.3) is 0 Å². The number of hydrogen-bond acceptors (Lipinski definition) is 2. The van der Waals surface area contributed by atoms with Crippen molar-refractivity contribution in [3.05, 3.63) is 35.4 Å². The van der Waals surface area contributed by atoms with Crippen molar-refractivity contribution in [2.75, 3.05) is 26.2 Å². The third-order valence-electron chi connectivity index (χ3n) is 4.84. The van der Waals surface area contributed by atoms with E-state index in [0.717, 1.165) is 38.9 Å². The van der Waals surface area contributed by atoms with E-state index in [1.165, 1.54) is 18.2 Å². The molecule has 1 N–H and O–H groups in total. The van der Waals surface area contributed by atoms with Gasteiger partial charge in [-0.25, -0.2) is 8.78 Å². The molecule has 0 saturated carbocycles. The van der Waals surface area contributed by atoms with Crippen LogP contribution in [0.25, 0.3) is 0 Å². The Bertz CT molecular complexity index is 527. The average molecular weight is 331 g/mol. The molecule has 6 heteroatoms. The zero-order chi connectivity index (χ0) is 14.9. The van der Waals surface area contributed by atoms with Gasteiger partial charge < -0.3 is 10.2 Å². The summed E-state index contributed by atoms with van der Waals surface area (Å²) in [6.07, 6.45) is 2.96. The number of hydrogen-bond donors (Lipinski definition) is 1. The quantitative estimate of drug-likeness (QED) is 0.903. The highest BCUT2D eigenvalue weighted by Crippen LogP contribution is 2.38. The lowest BCUT2D eigenvalue weighted by molar-refractivity contribution is -0.130. The second-order valence-electron chi connectivity index (χ2n) is 6.19. The average Bonchev–Trinajstić information content (AvgIpc) is 2.87. The van der Waals surface area contributed by atoms with Crippen LogP contribution in [0, 0.1) is 17.0 Å². The van der Waals surface area contributed by atoms with Crippen LogP contribution in [0.4, 0.5) is 8.78 Å². The predicted octanol–water partition coefficient (Wildman–Crippen LogP) is 2.53. The van der Waals surface area contributed by atoms with Crippen molar-refractivity contribution in [2.24, 2.45) is 5.41 Å². The number of rotatable bonds is 2. The molecule has 122 valence electrons. The Kier molecular flexibility index (Phi) is 5.40. The minimum atomic E-state index is -0.640. The van der Waals surface area contributed by atoms with Gasteiger partial charge in [-0.3, -0.25) is 4.79 Å². The Hall–Kier alpha value is -1.20. The Labute approximate surface area is 135 Å². The van der Waals surface area contributed by atoms with E-state index in [4.69, 9.17) is 0 Å². The normalized spacial score (nSPS) is 20.0. The van der Waals surface area contributed by atoms with Crippen molar-refractivity contribution in [1.29, 1.82) is 0 Å². The van der Waals surface area contributed by atoms with Crippen LogP contribution in [0.5, 0.6) is 0 Å². The zero-order valence-electron chi connectivity index (χ0n) is 12.4. The van der Waals surface area contributed by atoms with Crippen molar-refractivity contribution < 1.29 is 13.6 Å². The molecule has 0 aliphatic carbocycles. The number of likely N-dealkylation sites (tertiary alicyclic amines) is 1. The Balaban J connectivity index is 0.00000176. The van der Waals surface area contributed by atoms with Crippen LogP contribution < -0.4 is 5.32 Å². The number of carbonyl (C=O) groups is 1. The Morgan fingerprint density at radius 2 is 1.82 bits per heavy atom. The standard InChI is InChI=1S/C16H20F2N2O.ClH/c17-13-2-1-3-14(18)12(13)10-15(21)20-9-6-16(11-20)4-7-19-8-5-16;/h1-3,19H,4-11H2;1H. The molecule has 0 unspecified atom stereocenters. The van der Waals surface area contributed by atoms with Crippen molar-refractivity contribution in [1.82, 2.24) is 10.2 Å². The summed E-state index contributed by atoms with van der Waals surface area (Å²) in [5.41, 5.74) is 0.100.